The maximum Gasteiger partial charge on any atom is 0.184 e. The molecule has 2 rings (SSSR count). The van der Waals surface area contributed by atoms with Crippen molar-refractivity contribution in [2.45, 2.75) is 12.6 Å². The number of hydrogen-bond acceptors (Lipinski definition) is 5. The molecule has 5 nitrogen and oxygen atoms in total. The van der Waals surface area contributed by atoms with Gasteiger partial charge in [-0.1, -0.05) is 24.3 Å². The van der Waals surface area contributed by atoms with E-state index >= 15 is 0 Å². The average Bonchev–Trinajstić information content (AvgIpc) is 2.54. The van der Waals surface area contributed by atoms with Crippen molar-refractivity contribution in [3.63, 3.8) is 0 Å². The number of aliphatic hydroxyl groups is 2. The first-order valence-corrected chi connectivity index (χ1v) is 6.43. The highest BCUT2D eigenvalue weighted by atomic mass is 16.7. The molecule has 5 heteroatoms. The SMILES string of the molecule is COc1cccc(C(O)OC(O)c2cccc(OC)c2)c1. The van der Waals surface area contributed by atoms with Crippen molar-refractivity contribution in [2.24, 2.45) is 0 Å². The highest BCUT2D eigenvalue weighted by Gasteiger charge is 2.16. The zero-order chi connectivity index (χ0) is 15.2. The molecular formula is C16H18O5. The Morgan fingerprint density at radius 3 is 1.57 bits per heavy atom. The van der Waals surface area contributed by atoms with Gasteiger partial charge in [0.25, 0.3) is 0 Å². The number of ether oxygens (including phenoxy) is 3. The second-order valence-corrected chi connectivity index (χ2v) is 4.39. The summed E-state index contributed by atoms with van der Waals surface area (Å²) in [5, 5.41) is 20.1. The maximum absolute atomic E-state index is 10.0. The highest BCUT2D eigenvalue weighted by molar-refractivity contribution is 5.30. The van der Waals surface area contributed by atoms with Crippen molar-refractivity contribution < 1.29 is 24.4 Å². The summed E-state index contributed by atoms with van der Waals surface area (Å²) >= 11 is 0. The summed E-state index contributed by atoms with van der Waals surface area (Å²) in [5.74, 6) is 1.21. The van der Waals surface area contributed by atoms with Crippen LogP contribution in [0.15, 0.2) is 48.5 Å². The van der Waals surface area contributed by atoms with Crippen LogP contribution in [-0.2, 0) is 4.74 Å². The summed E-state index contributed by atoms with van der Waals surface area (Å²) in [6.45, 7) is 0. The first-order chi connectivity index (χ1) is 10.1. The van der Waals surface area contributed by atoms with E-state index in [2.05, 4.69) is 0 Å². The van der Waals surface area contributed by atoms with Crippen LogP contribution in [0.3, 0.4) is 0 Å². The van der Waals surface area contributed by atoms with Crippen LogP contribution in [0.4, 0.5) is 0 Å². The van der Waals surface area contributed by atoms with Gasteiger partial charge in [0.15, 0.2) is 12.6 Å². The van der Waals surface area contributed by atoms with Crippen molar-refractivity contribution in [3.05, 3.63) is 59.7 Å². The largest absolute Gasteiger partial charge is 0.497 e. The van der Waals surface area contributed by atoms with Gasteiger partial charge in [0, 0.05) is 11.1 Å². The van der Waals surface area contributed by atoms with E-state index in [0.717, 1.165) is 0 Å². The third-order valence-corrected chi connectivity index (χ3v) is 3.02. The number of methoxy groups -OCH3 is 2. The van der Waals surface area contributed by atoms with Crippen LogP contribution in [-0.4, -0.2) is 24.4 Å². The van der Waals surface area contributed by atoms with Crippen LogP contribution in [0.1, 0.15) is 23.7 Å². The lowest BCUT2D eigenvalue weighted by atomic mass is 10.2. The van der Waals surface area contributed by atoms with E-state index in [1.165, 1.54) is 14.2 Å². The second-order valence-electron chi connectivity index (χ2n) is 4.39. The minimum absolute atomic E-state index is 0.497. The molecule has 21 heavy (non-hydrogen) atoms. The normalized spacial score (nSPS) is 13.5. The van der Waals surface area contributed by atoms with Crippen LogP contribution in [0.2, 0.25) is 0 Å². The molecule has 0 amide bonds. The van der Waals surface area contributed by atoms with Gasteiger partial charge in [-0.25, -0.2) is 0 Å². The Balaban J connectivity index is 2.08. The van der Waals surface area contributed by atoms with Crippen molar-refractivity contribution in [1.29, 1.82) is 0 Å². The molecule has 2 aromatic rings. The van der Waals surface area contributed by atoms with Crippen molar-refractivity contribution in [2.75, 3.05) is 14.2 Å². The van der Waals surface area contributed by atoms with Gasteiger partial charge in [-0.15, -0.1) is 0 Å². The minimum atomic E-state index is -1.26. The van der Waals surface area contributed by atoms with Gasteiger partial charge in [0.05, 0.1) is 14.2 Å². The molecule has 2 atom stereocenters. The van der Waals surface area contributed by atoms with E-state index in [-0.39, 0.29) is 0 Å². The second kappa shape index (κ2) is 7.08. The molecule has 0 aliphatic rings. The van der Waals surface area contributed by atoms with Crippen molar-refractivity contribution >= 4 is 0 Å². The molecule has 2 aromatic carbocycles. The third-order valence-electron chi connectivity index (χ3n) is 3.02. The van der Waals surface area contributed by atoms with Gasteiger partial charge >= 0.3 is 0 Å². The molecule has 0 saturated heterocycles. The highest BCUT2D eigenvalue weighted by Crippen LogP contribution is 2.27. The Hall–Kier alpha value is -2.08. The lowest BCUT2D eigenvalue weighted by Gasteiger charge is -2.18. The molecule has 0 saturated carbocycles. The number of aliphatic hydroxyl groups excluding tert-OH is 2. The Labute approximate surface area is 123 Å². The van der Waals surface area contributed by atoms with E-state index in [1.54, 1.807) is 48.5 Å². The smallest absolute Gasteiger partial charge is 0.184 e. The number of rotatable bonds is 6. The van der Waals surface area contributed by atoms with Gasteiger partial charge < -0.3 is 24.4 Å². The summed E-state index contributed by atoms with van der Waals surface area (Å²) in [5.41, 5.74) is 0.993. The van der Waals surface area contributed by atoms with Crippen LogP contribution in [0.25, 0.3) is 0 Å². The Morgan fingerprint density at radius 2 is 1.19 bits per heavy atom. The van der Waals surface area contributed by atoms with Crippen molar-refractivity contribution in [3.8, 4) is 11.5 Å². The maximum atomic E-state index is 10.0. The standard InChI is InChI=1S/C16H18O5/c1-19-13-7-3-5-11(9-13)15(17)21-16(18)12-6-4-8-14(10-12)20-2/h3-10,15-18H,1-2H3. The predicted octanol–water partition coefficient (Wildman–Crippen LogP) is 2.40. The third kappa shape index (κ3) is 3.95. The quantitative estimate of drug-likeness (QED) is 0.800. The number of hydrogen-bond donors (Lipinski definition) is 2. The van der Waals surface area contributed by atoms with Gasteiger partial charge in [-0.2, -0.15) is 0 Å². The van der Waals surface area contributed by atoms with E-state index in [4.69, 9.17) is 14.2 Å². The van der Waals surface area contributed by atoms with Gasteiger partial charge in [-0.3, -0.25) is 0 Å². The average molecular weight is 290 g/mol. The fourth-order valence-electron chi connectivity index (χ4n) is 1.87. The molecule has 0 aliphatic heterocycles. The monoisotopic (exact) mass is 290 g/mol. The summed E-state index contributed by atoms with van der Waals surface area (Å²) in [6.07, 6.45) is -2.53. The summed E-state index contributed by atoms with van der Waals surface area (Å²) in [4.78, 5) is 0. The van der Waals surface area contributed by atoms with E-state index in [9.17, 15) is 10.2 Å². The first kappa shape index (κ1) is 15.3. The molecule has 112 valence electrons. The van der Waals surface area contributed by atoms with E-state index < -0.39 is 12.6 Å². The summed E-state index contributed by atoms with van der Waals surface area (Å²) < 4.78 is 15.4. The number of benzene rings is 2. The fourth-order valence-corrected chi connectivity index (χ4v) is 1.87. The van der Waals surface area contributed by atoms with Gasteiger partial charge in [0.1, 0.15) is 11.5 Å². The molecule has 0 heterocycles. The molecular weight excluding hydrogens is 272 g/mol. The lowest BCUT2D eigenvalue weighted by molar-refractivity contribution is -0.215. The molecule has 0 aromatic heterocycles. The molecule has 0 aliphatic carbocycles. The zero-order valence-corrected chi connectivity index (χ0v) is 11.9. The molecule has 0 radical (unpaired) electrons. The molecule has 0 bridgehead atoms. The topological polar surface area (TPSA) is 68.2 Å². The minimum Gasteiger partial charge on any atom is -0.497 e. The van der Waals surface area contributed by atoms with E-state index in [0.29, 0.717) is 22.6 Å². The predicted molar refractivity (Wildman–Crippen MR) is 77.0 cm³/mol. The van der Waals surface area contributed by atoms with Crippen LogP contribution < -0.4 is 9.47 Å². The van der Waals surface area contributed by atoms with Crippen LogP contribution in [0.5, 0.6) is 11.5 Å². The van der Waals surface area contributed by atoms with Crippen molar-refractivity contribution in [1.82, 2.24) is 0 Å². The molecule has 2 N–H and O–H groups in total. The van der Waals surface area contributed by atoms with E-state index in [1.807, 2.05) is 0 Å². The summed E-state index contributed by atoms with van der Waals surface area (Å²) in [7, 11) is 3.08. The fraction of sp³-hybridized carbons (Fsp3) is 0.250. The summed E-state index contributed by atoms with van der Waals surface area (Å²) in [6, 6.07) is 13.6. The Kier molecular flexibility index (Phi) is 5.16. The van der Waals surface area contributed by atoms with Crippen LogP contribution >= 0.6 is 0 Å². The molecule has 0 spiro atoms. The zero-order valence-electron chi connectivity index (χ0n) is 11.9. The molecule has 2 unspecified atom stereocenters. The van der Waals surface area contributed by atoms with Crippen LogP contribution in [0, 0.1) is 0 Å². The Bertz CT molecular complexity index is 533. The van der Waals surface area contributed by atoms with Gasteiger partial charge in [-0.05, 0) is 24.3 Å². The Morgan fingerprint density at radius 1 is 0.762 bits per heavy atom. The first-order valence-electron chi connectivity index (χ1n) is 6.43. The molecule has 0 fully saturated rings. The van der Waals surface area contributed by atoms with Gasteiger partial charge in [0.2, 0.25) is 0 Å². The lowest BCUT2D eigenvalue weighted by Crippen LogP contribution is -2.09.